The van der Waals surface area contributed by atoms with Gasteiger partial charge in [0, 0.05) is 37.7 Å². The fourth-order valence-electron chi connectivity index (χ4n) is 4.35. The fourth-order valence-corrected chi connectivity index (χ4v) is 5.33. The van der Waals surface area contributed by atoms with Crippen LogP contribution in [0.5, 0.6) is 0 Å². The molecular weight excluding hydrogens is 412 g/mol. The monoisotopic (exact) mass is 436 g/mol. The van der Waals surface area contributed by atoms with Crippen molar-refractivity contribution in [1.29, 1.82) is 0 Å². The van der Waals surface area contributed by atoms with Crippen LogP contribution in [0.1, 0.15) is 35.8 Å². The lowest BCUT2D eigenvalue weighted by atomic mass is 9.96. The lowest BCUT2D eigenvalue weighted by Crippen LogP contribution is -2.42. The second kappa shape index (κ2) is 8.26. The minimum Gasteiger partial charge on any atom is -0.462 e. The summed E-state index contributed by atoms with van der Waals surface area (Å²) in [7, 11) is 0. The van der Waals surface area contributed by atoms with E-state index >= 15 is 0 Å². The SMILES string of the molecule is Cc1ccc(N2C[C@@H](C(=O)N3CCC(c4nnc(-c5ccco5)s4)CC3)CC2=O)cc1. The number of carbonyl (C=O) groups is 2. The van der Waals surface area contributed by atoms with Gasteiger partial charge in [-0.1, -0.05) is 29.0 Å². The number of hydrogen-bond donors (Lipinski definition) is 0. The first-order chi connectivity index (χ1) is 15.1. The van der Waals surface area contributed by atoms with E-state index in [1.807, 2.05) is 48.2 Å². The topological polar surface area (TPSA) is 79.5 Å². The van der Waals surface area contributed by atoms with Crippen LogP contribution in [0.3, 0.4) is 0 Å². The second-order valence-electron chi connectivity index (χ2n) is 8.26. The van der Waals surface area contributed by atoms with Gasteiger partial charge in [0.2, 0.25) is 11.8 Å². The van der Waals surface area contributed by atoms with E-state index in [0.29, 0.717) is 25.6 Å². The molecule has 3 aromatic rings. The van der Waals surface area contributed by atoms with Crippen LogP contribution in [0, 0.1) is 12.8 Å². The van der Waals surface area contributed by atoms with Gasteiger partial charge in [-0.25, -0.2) is 0 Å². The van der Waals surface area contributed by atoms with Crippen LogP contribution in [0.4, 0.5) is 5.69 Å². The zero-order chi connectivity index (χ0) is 21.4. The first-order valence-corrected chi connectivity index (χ1v) is 11.4. The van der Waals surface area contributed by atoms with Gasteiger partial charge in [-0.05, 0) is 44.0 Å². The van der Waals surface area contributed by atoms with Crippen LogP contribution < -0.4 is 4.90 Å². The van der Waals surface area contributed by atoms with Crippen molar-refractivity contribution < 1.29 is 14.0 Å². The number of hydrogen-bond acceptors (Lipinski definition) is 6. The Bertz CT molecular complexity index is 1070. The highest BCUT2D eigenvalue weighted by molar-refractivity contribution is 7.14. The van der Waals surface area contributed by atoms with E-state index in [2.05, 4.69) is 10.2 Å². The van der Waals surface area contributed by atoms with E-state index in [1.165, 1.54) is 0 Å². The second-order valence-corrected chi connectivity index (χ2v) is 9.27. The molecule has 0 bridgehead atoms. The molecule has 1 aromatic carbocycles. The molecule has 0 N–H and O–H groups in total. The average Bonchev–Trinajstić information content (AvgIpc) is 3.55. The summed E-state index contributed by atoms with van der Waals surface area (Å²) in [4.78, 5) is 29.3. The molecule has 4 heterocycles. The van der Waals surface area contributed by atoms with Crippen molar-refractivity contribution in [3.05, 3.63) is 53.2 Å². The molecule has 2 aliphatic heterocycles. The Kier molecular flexibility index (Phi) is 5.31. The number of nitrogens with zero attached hydrogens (tertiary/aromatic N) is 4. The summed E-state index contributed by atoms with van der Waals surface area (Å²) in [6.45, 7) is 3.86. The number of benzene rings is 1. The molecule has 0 radical (unpaired) electrons. The van der Waals surface area contributed by atoms with Crippen LogP contribution in [0.15, 0.2) is 47.1 Å². The summed E-state index contributed by atoms with van der Waals surface area (Å²) in [5, 5.41) is 10.4. The predicted molar refractivity (Wildman–Crippen MR) is 118 cm³/mol. The standard InChI is InChI=1S/C23H24N4O3S/c1-15-4-6-18(7-5-15)27-14-17(13-20(27)28)23(29)26-10-8-16(9-11-26)21-24-25-22(31-21)19-3-2-12-30-19/h2-7,12,16-17H,8-11,13-14H2,1H3/t17-/m0/s1. The number of aromatic nitrogens is 2. The van der Waals surface area contributed by atoms with Crippen LogP contribution >= 0.6 is 11.3 Å². The molecule has 0 saturated carbocycles. The highest BCUT2D eigenvalue weighted by Crippen LogP contribution is 2.34. The first-order valence-electron chi connectivity index (χ1n) is 10.6. The number of likely N-dealkylation sites (tertiary alicyclic amines) is 1. The lowest BCUT2D eigenvalue weighted by Gasteiger charge is -2.32. The minimum atomic E-state index is -0.266. The van der Waals surface area contributed by atoms with E-state index in [-0.39, 0.29) is 24.2 Å². The fraction of sp³-hybridized carbons (Fsp3) is 0.391. The Labute approximate surface area is 184 Å². The summed E-state index contributed by atoms with van der Waals surface area (Å²) in [6.07, 6.45) is 3.64. The molecule has 2 amide bonds. The quantitative estimate of drug-likeness (QED) is 0.620. The summed E-state index contributed by atoms with van der Waals surface area (Å²) in [5.74, 6) is 0.892. The summed E-state index contributed by atoms with van der Waals surface area (Å²) >= 11 is 1.56. The molecule has 0 spiro atoms. The zero-order valence-corrected chi connectivity index (χ0v) is 18.2. The number of piperidine rings is 1. The number of aryl methyl sites for hydroxylation is 1. The molecule has 31 heavy (non-hydrogen) atoms. The van der Waals surface area contributed by atoms with Crippen LogP contribution in [0.25, 0.3) is 10.8 Å². The van der Waals surface area contributed by atoms with Gasteiger partial charge in [-0.2, -0.15) is 0 Å². The molecule has 2 aliphatic rings. The molecule has 1 atom stereocenters. The van der Waals surface area contributed by atoms with E-state index in [1.54, 1.807) is 22.5 Å². The largest absolute Gasteiger partial charge is 0.462 e. The average molecular weight is 437 g/mol. The molecule has 5 rings (SSSR count). The molecule has 160 valence electrons. The Hall–Kier alpha value is -3.00. The van der Waals surface area contributed by atoms with Crippen LogP contribution in [-0.2, 0) is 9.59 Å². The number of furan rings is 1. The van der Waals surface area contributed by atoms with E-state index in [9.17, 15) is 9.59 Å². The predicted octanol–water partition coefficient (Wildman–Crippen LogP) is 3.87. The Morgan fingerprint density at radius 2 is 1.90 bits per heavy atom. The maximum absolute atomic E-state index is 13.1. The van der Waals surface area contributed by atoms with E-state index in [0.717, 1.165) is 39.9 Å². The van der Waals surface area contributed by atoms with Gasteiger partial charge in [-0.15, -0.1) is 10.2 Å². The lowest BCUT2D eigenvalue weighted by molar-refractivity contribution is -0.136. The Morgan fingerprint density at radius 1 is 1.13 bits per heavy atom. The van der Waals surface area contributed by atoms with Crippen molar-refractivity contribution in [1.82, 2.24) is 15.1 Å². The zero-order valence-electron chi connectivity index (χ0n) is 17.4. The molecule has 8 heteroatoms. The van der Waals surface area contributed by atoms with Gasteiger partial charge < -0.3 is 14.2 Å². The summed E-state index contributed by atoms with van der Waals surface area (Å²) in [6, 6.07) is 11.6. The minimum absolute atomic E-state index is 0.0244. The smallest absolute Gasteiger partial charge is 0.228 e. The molecule has 2 fully saturated rings. The highest BCUT2D eigenvalue weighted by Gasteiger charge is 2.38. The van der Waals surface area contributed by atoms with Crippen molar-refractivity contribution in [2.24, 2.45) is 5.92 Å². The third-order valence-corrected chi connectivity index (χ3v) is 7.25. The third kappa shape index (κ3) is 3.99. The number of amides is 2. The third-order valence-electron chi connectivity index (χ3n) is 6.15. The maximum Gasteiger partial charge on any atom is 0.228 e. The van der Waals surface area contributed by atoms with E-state index in [4.69, 9.17) is 4.42 Å². The van der Waals surface area contributed by atoms with Gasteiger partial charge >= 0.3 is 0 Å². The van der Waals surface area contributed by atoms with Gasteiger partial charge in [0.15, 0.2) is 10.8 Å². The van der Waals surface area contributed by atoms with Crippen molar-refractivity contribution in [3.8, 4) is 10.8 Å². The molecule has 0 unspecified atom stereocenters. The van der Waals surface area contributed by atoms with Gasteiger partial charge in [0.05, 0.1) is 12.2 Å². The maximum atomic E-state index is 13.1. The molecule has 2 aromatic heterocycles. The Morgan fingerprint density at radius 3 is 2.61 bits per heavy atom. The van der Waals surface area contributed by atoms with Crippen molar-refractivity contribution in [2.45, 2.75) is 32.1 Å². The highest BCUT2D eigenvalue weighted by atomic mass is 32.1. The molecule has 2 saturated heterocycles. The number of rotatable bonds is 4. The van der Waals surface area contributed by atoms with Gasteiger partial charge in [0.1, 0.15) is 5.01 Å². The molecule has 0 aliphatic carbocycles. The summed E-state index contributed by atoms with van der Waals surface area (Å²) < 4.78 is 5.40. The first kappa shape index (κ1) is 19.9. The van der Waals surface area contributed by atoms with Crippen molar-refractivity contribution >= 4 is 28.8 Å². The van der Waals surface area contributed by atoms with E-state index < -0.39 is 0 Å². The van der Waals surface area contributed by atoms with Crippen molar-refractivity contribution in [2.75, 3.05) is 24.5 Å². The molecular formula is C23H24N4O3S. The van der Waals surface area contributed by atoms with Crippen molar-refractivity contribution in [3.63, 3.8) is 0 Å². The van der Waals surface area contributed by atoms with Gasteiger partial charge in [0.25, 0.3) is 0 Å². The van der Waals surface area contributed by atoms with Crippen LogP contribution in [-0.4, -0.2) is 46.5 Å². The Balaban J connectivity index is 1.19. The number of carbonyl (C=O) groups excluding carboxylic acids is 2. The van der Waals surface area contributed by atoms with Crippen LogP contribution in [0.2, 0.25) is 0 Å². The number of anilines is 1. The van der Waals surface area contributed by atoms with Gasteiger partial charge in [-0.3, -0.25) is 9.59 Å². The normalized spacial score (nSPS) is 19.9. The summed E-state index contributed by atoms with van der Waals surface area (Å²) in [5.41, 5.74) is 2.02. The molecule has 7 nitrogen and oxygen atoms in total.